The molecule has 3 atom stereocenters. The van der Waals surface area contributed by atoms with Gasteiger partial charge in [-0.05, 0) is 45.4 Å². The Morgan fingerprint density at radius 1 is 1.37 bits per heavy atom. The Balaban J connectivity index is 1.87. The quantitative estimate of drug-likeness (QED) is 0.698. The highest BCUT2D eigenvalue weighted by atomic mass is 16.5. The van der Waals surface area contributed by atoms with E-state index in [1.807, 2.05) is 6.92 Å². The van der Waals surface area contributed by atoms with Gasteiger partial charge in [-0.2, -0.15) is 0 Å². The number of carbonyl (C=O) groups is 2. The van der Waals surface area contributed by atoms with Crippen molar-refractivity contribution in [2.24, 2.45) is 5.92 Å². The van der Waals surface area contributed by atoms with Crippen molar-refractivity contribution in [3.05, 3.63) is 0 Å². The molecule has 0 bridgehead atoms. The van der Waals surface area contributed by atoms with Gasteiger partial charge < -0.3 is 20.5 Å². The van der Waals surface area contributed by atoms with Gasteiger partial charge in [0.15, 0.2) is 0 Å². The van der Waals surface area contributed by atoms with Crippen LogP contribution in [0.1, 0.15) is 39.5 Å². The van der Waals surface area contributed by atoms with Crippen molar-refractivity contribution in [2.45, 2.75) is 57.2 Å². The number of aliphatic carboxylic acids is 1. The fraction of sp³-hybridized carbons (Fsp3) is 0.846. The molecule has 3 N–H and O–H groups in total. The fourth-order valence-corrected chi connectivity index (χ4v) is 2.56. The highest BCUT2D eigenvalue weighted by Gasteiger charge is 2.48. The van der Waals surface area contributed by atoms with E-state index in [0.29, 0.717) is 0 Å². The van der Waals surface area contributed by atoms with E-state index in [0.717, 1.165) is 32.3 Å². The molecule has 0 radical (unpaired) electrons. The summed E-state index contributed by atoms with van der Waals surface area (Å²) in [6.07, 6.45) is 3.67. The highest BCUT2D eigenvalue weighted by molar-refractivity contribution is 5.86. The second-order valence-electron chi connectivity index (χ2n) is 5.72. The van der Waals surface area contributed by atoms with Crippen molar-refractivity contribution in [3.63, 3.8) is 0 Å². The van der Waals surface area contributed by atoms with Gasteiger partial charge in [0.1, 0.15) is 5.54 Å². The Hall–Kier alpha value is -1.30. The first-order valence-corrected chi connectivity index (χ1v) is 6.87. The summed E-state index contributed by atoms with van der Waals surface area (Å²) in [6.45, 7) is 4.18. The van der Waals surface area contributed by atoms with Crippen LogP contribution in [0, 0.1) is 5.92 Å². The highest BCUT2D eigenvalue weighted by Crippen LogP contribution is 2.39. The van der Waals surface area contributed by atoms with E-state index in [2.05, 4.69) is 10.6 Å². The lowest BCUT2D eigenvalue weighted by Gasteiger charge is -2.28. The number of hydrogen-bond donors (Lipinski definition) is 3. The smallest absolute Gasteiger partial charge is 0.329 e. The molecule has 0 aromatic carbocycles. The topological polar surface area (TPSA) is 87.7 Å². The van der Waals surface area contributed by atoms with Gasteiger partial charge in [-0.1, -0.05) is 0 Å². The number of amides is 2. The molecule has 3 unspecified atom stereocenters. The molecule has 19 heavy (non-hydrogen) atoms. The van der Waals surface area contributed by atoms with Crippen LogP contribution in [0.25, 0.3) is 0 Å². The summed E-state index contributed by atoms with van der Waals surface area (Å²) in [5, 5.41) is 14.7. The standard InChI is InChI=1S/C13H22N2O4/c1-8(10-4-3-7-19-10)14-12(18)15-13(2,11(16)17)9-5-6-9/h8-10H,3-7H2,1-2H3,(H,16,17)(H2,14,15,18). The predicted molar refractivity (Wildman–Crippen MR) is 68.9 cm³/mol. The molecule has 1 aliphatic heterocycles. The Bertz CT molecular complexity index is 364. The predicted octanol–water partition coefficient (Wildman–Crippen LogP) is 1.11. The molecule has 1 heterocycles. The van der Waals surface area contributed by atoms with E-state index >= 15 is 0 Å². The van der Waals surface area contributed by atoms with Crippen molar-refractivity contribution in [3.8, 4) is 0 Å². The number of rotatable bonds is 5. The zero-order valence-electron chi connectivity index (χ0n) is 11.4. The number of urea groups is 1. The maximum absolute atomic E-state index is 11.9. The van der Waals surface area contributed by atoms with Crippen LogP contribution in [0.5, 0.6) is 0 Å². The van der Waals surface area contributed by atoms with Crippen molar-refractivity contribution in [2.75, 3.05) is 6.61 Å². The molecule has 2 aliphatic rings. The number of carbonyl (C=O) groups excluding carboxylic acids is 1. The van der Waals surface area contributed by atoms with Gasteiger partial charge in [-0.15, -0.1) is 0 Å². The summed E-state index contributed by atoms with van der Waals surface area (Å²) >= 11 is 0. The molecule has 6 heteroatoms. The summed E-state index contributed by atoms with van der Waals surface area (Å²) in [5.74, 6) is -0.941. The molecular weight excluding hydrogens is 248 g/mol. The third kappa shape index (κ3) is 3.18. The monoisotopic (exact) mass is 270 g/mol. The molecule has 0 aromatic rings. The van der Waals surface area contributed by atoms with Crippen molar-refractivity contribution in [1.29, 1.82) is 0 Å². The number of nitrogens with one attached hydrogen (secondary N) is 2. The van der Waals surface area contributed by atoms with Crippen molar-refractivity contribution >= 4 is 12.0 Å². The number of hydrogen-bond acceptors (Lipinski definition) is 3. The second kappa shape index (κ2) is 5.36. The van der Waals surface area contributed by atoms with Crippen LogP contribution >= 0.6 is 0 Å². The average Bonchev–Trinajstić information content (AvgIpc) is 3.04. The summed E-state index contributed by atoms with van der Waals surface area (Å²) < 4.78 is 5.49. The molecule has 1 saturated heterocycles. The van der Waals surface area contributed by atoms with Gasteiger partial charge in [0.05, 0.1) is 12.1 Å². The first kappa shape index (κ1) is 14.1. The van der Waals surface area contributed by atoms with Crippen LogP contribution in [0.3, 0.4) is 0 Å². The van der Waals surface area contributed by atoms with Gasteiger partial charge in [0.25, 0.3) is 0 Å². The van der Waals surface area contributed by atoms with Crippen molar-refractivity contribution in [1.82, 2.24) is 10.6 Å². The lowest BCUT2D eigenvalue weighted by molar-refractivity contribution is -0.144. The van der Waals surface area contributed by atoms with Gasteiger partial charge in [0, 0.05) is 6.61 Å². The van der Waals surface area contributed by atoms with Gasteiger partial charge >= 0.3 is 12.0 Å². The lowest BCUT2D eigenvalue weighted by atomic mass is 9.96. The van der Waals surface area contributed by atoms with E-state index in [1.54, 1.807) is 6.92 Å². The zero-order valence-corrected chi connectivity index (χ0v) is 11.4. The van der Waals surface area contributed by atoms with Crippen molar-refractivity contribution < 1.29 is 19.4 Å². The van der Waals surface area contributed by atoms with Gasteiger partial charge in [-0.3, -0.25) is 0 Å². The maximum Gasteiger partial charge on any atom is 0.329 e. The SMILES string of the molecule is CC(NC(=O)NC(C)(C(=O)O)C1CC1)C1CCCO1. The minimum absolute atomic E-state index is 0.0303. The summed E-state index contributed by atoms with van der Waals surface area (Å²) in [6, 6.07) is -0.542. The first-order valence-electron chi connectivity index (χ1n) is 6.87. The van der Waals surface area contributed by atoms with Crippen LogP contribution in [-0.2, 0) is 9.53 Å². The Morgan fingerprint density at radius 2 is 2.05 bits per heavy atom. The molecule has 2 rings (SSSR count). The summed E-state index contributed by atoms with van der Waals surface area (Å²) in [5.41, 5.74) is -1.17. The molecule has 2 fully saturated rings. The minimum Gasteiger partial charge on any atom is -0.480 e. The van der Waals surface area contributed by atoms with E-state index < -0.39 is 17.5 Å². The third-order valence-corrected chi connectivity index (χ3v) is 4.09. The molecular formula is C13H22N2O4. The lowest BCUT2D eigenvalue weighted by Crippen LogP contribution is -2.58. The second-order valence-corrected chi connectivity index (χ2v) is 5.72. The minimum atomic E-state index is -1.17. The number of carboxylic acids is 1. The van der Waals surface area contributed by atoms with Crippen LogP contribution in [0.4, 0.5) is 4.79 Å². The normalized spacial score (nSPS) is 27.4. The van der Waals surface area contributed by atoms with E-state index in [4.69, 9.17) is 4.74 Å². The first-order chi connectivity index (χ1) is 8.93. The molecule has 0 spiro atoms. The molecule has 6 nitrogen and oxygen atoms in total. The summed E-state index contributed by atoms with van der Waals surface area (Å²) in [7, 11) is 0. The van der Waals surface area contributed by atoms with Gasteiger partial charge in [0.2, 0.25) is 0 Å². The molecule has 2 amide bonds. The van der Waals surface area contributed by atoms with E-state index in [-0.39, 0.29) is 18.1 Å². The third-order valence-electron chi connectivity index (χ3n) is 4.09. The van der Waals surface area contributed by atoms with Gasteiger partial charge in [-0.25, -0.2) is 9.59 Å². The molecule has 0 aromatic heterocycles. The van der Waals surface area contributed by atoms with Crippen LogP contribution < -0.4 is 10.6 Å². The molecule has 1 aliphatic carbocycles. The Kier molecular flexibility index (Phi) is 3.99. The Morgan fingerprint density at radius 3 is 2.53 bits per heavy atom. The maximum atomic E-state index is 11.9. The molecule has 108 valence electrons. The van der Waals surface area contributed by atoms with Crippen LogP contribution in [0.2, 0.25) is 0 Å². The zero-order chi connectivity index (χ0) is 14.0. The van der Waals surface area contributed by atoms with Crippen LogP contribution in [0.15, 0.2) is 0 Å². The molecule has 1 saturated carbocycles. The number of ether oxygens (including phenoxy) is 1. The number of carboxylic acid groups (broad SMARTS) is 1. The van der Waals surface area contributed by atoms with E-state index in [1.165, 1.54) is 0 Å². The van der Waals surface area contributed by atoms with Crippen LogP contribution in [-0.4, -0.2) is 41.4 Å². The largest absolute Gasteiger partial charge is 0.480 e. The summed E-state index contributed by atoms with van der Waals surface area (Å²) in [4.78, 5) is 23.2. The average molecular weight is 270 g/mol. The fourth-order valence-electron chi connectivity index (χ4n) is 2.56. The Labute approximate surface area is 112 Å². The van der Waals surface area contributed by atoms with E-state index in [9.17, 15) is 14.7 Å².